The van der Waals surface area contributed by atoms with Crippen molar-refractivity contribution in [3.8, 4) is 5.75 Å². The van der Waals surface area contributed by atoms with Crippen molar-refractivity contribution in [3.05, 3.63) is 68.2 Å². The molecule has 0 aliphatic heterocycles. The molecule has 0 unspecified atom stereocenters. The van der Waals surface area contributed by atoms with Gasteiger partial charge in [0.25, 0.3) is 11.6 Å². The first kappa shape index (κ1) is 15.6. The van der Waals surface area contributed by atoms with Gasteiger partial charge in [-0.15, -0.1) is 0 Å². The van der Waals surface area contributed by atoms with Crippen LogP contribution in [0.25, 0.3) is 0 Å². The molecule has 0 aromatic heterocycles. The Kier molecular flexibility index (Phi) is 4.84. The number of phenolic OH excluding ortho intramolecular Hbond substituents is 1. The van der Waals surface area contributed by atoms with Gasteiger partial charge in [0.1, 0.15) is 5.75 Å². The largest absolute Gasteiger partial charge is 0.508 e. The Labute approximate surface area is 133 Å². The topological polar surface area (TPSA) is 105 Å². The summed E-state index contributed by atoms with van der Waals surface area (Å²) in [6.45, 7) is 0. The summed E-state index contributed by atoms with van der Waals surface area (Å²) in [7, 11) is 0. The van der Waals surface area contributed by atoms with E-state index in [1.165, 1.54) is 12.1 Å². The van der Waals surface area contributed by atoms with Crippen molar-refractivity contribution in [2.75, 3.05) is 0 Å². The molecule has 0 fully saturated rings. The molecule has 0 aliphatic carbocycles. The molecule has 1 amide bonds. The van der Waals surface area contributed by atoms with E-state index in [0.717, 1.165) is 12.3 Å². The second kappa shape index (κ2) is 6.81. The van der Waals surface area contributed by atoms with E-state index in [2.05, 4.69) is 26.5 Å². The lowest BCUT2D eigenvalue weighted by atomic mass is 10.2. The number of rotatable bonds is 4. The zero-order chi connectivity index (χ0) is 16.1. The van der Waals surface area contributed by atoms with E-state index in [0.29, 0.717) is 10.0 Å². The molecule has 2 N–H and O–H groups in total. The Hall–Kier alpha value is -2.74. The molecule has 0 saturated carbocycles. The lowest BCUT2D eigenvalue weighted by Gasteiger charge is -2.02. The SMILES string of the molecule is O=C(N/N=C\c1cc(O)ccc1[N+](=O)[O-])c1ccccc1Br. The third-order valence-electron chi connectivity index (χ3n) is 2.70. The summed E-state index contributed by atoms with van der Waals surface area (Å²) >= 11 is 3.24. The maximum absolute atomic E-state index is 11.9. The fraction of sp³-hybridized carbons (Fsp3) is 0. The van der Waals surface area contributed by atoms with Crippen molar-refractivity contribution in [1.29, 1.82) is 0 Å². The van der Waals surface area contributed by atoms with Crippen LogP contribution < -0.4 is 5.43 Å². The van der Waals surface area contributed by atoms with E-state index in [1.54, 1.807) is 24.3 Å². The van der Waals surface area contributed by atoms with Gasteiger partial charge in [0, 0.05) is 10.5 Å². The fourth-order valence-electron chi connectivity index (χ4n) is 1.68. The van der Waals surface area contributed by atoms with Gasteiger partial charge in [-0.1, -0.05) is 12.1 Å². The third kappa shape index (κ3) is 3.67. The van der Waals surface area contributed by atoms with E-state index in [1.807, 2.05) is 0 Å². The standard InChI is InChI=1S/C14H10BrN3O4/c15-12-4-2-1-3-11(12)14(20)17-16-8-9-7-10(19)5-6-13(9)18(21)22/h1-8,19H,(H,17,20)/b16-8-. The number of nitrogens with one attached hydrogen (secondary N) is 1. The van der Waals surface area contributed by atoms with Crippen molar-refractivity contribution in [2.24, 2.45) is 5.10 Å². The molecule has 0 spiro atoms. The van der Waals surface area contributed by atoms with Gasteiger partial charge in [-0.05, 0) is 40.2 Å². The van der Waals surface area contributed by atoms with Crippen molar-refractivity contribution >= 4 is 33.7 Å². The van der Waals surface area contributed by atoms with Gasteiger partial charge < -0.3 is 5.11 Å². The molecule has 0 radical (unpaired) electrons. The van der Waals surface area contributed by atoms with Crippen molar-refractivity contribution in [1.82, 2.24) is 5.43 Å². The summed E-state index contributed by atoms with van der Waals surface area (Å²) in [5, 5.41) is 23.9. The molecule has 2 aromatic rings. The van der Waals surface area contributed by atoms with Crippen molar-refractivity contribution < 1.29 is 14.8 Å². The Balaban J connectivity index is 2.17. The minimum atomic E-state index is -0.601. The van der Waals surface area contributed by atoms with Crippen LogP contribution in [-0.2, 0) is 0 Å². The van der Waals surface area contributed by atoms with Gasteiger partial charge >= 0.3 is 0 Å². The Morgan fingerprint density at radius 2 is 2.05 bits per heavy atom. The van der Waals surface area contributed by atoms with E-state index in [-0.39, 0.29) is 17.0 Å². The number of nitro benzene ring substituents is 1. The number of phenols is 1. The summed E-state index contributed by atoms with van der Waals surface area (Å²) < 4.78 is 0.603. The molecule has 8 heteroatoms. The molecule has 0 aliphatic rings. The monoisotopic (exact) mass is 363 g/mol. The van der Waals surface area contributed by atoms with Gasteiger partial charge in [-0.3, -0.25) is 14.9 Å². The minimum Gasteiger partial charge on any atom is -0.508 e. The second-order valence-electron chi connectivity index (χ2n) is 4.18. The van der Waals surface area contributed by atoms with Crippen LogP contribution in [0.15, 0.2) is 52.0 Å². The molecule has 2 aromatic carbocycles. The highest BCUT2D eigenvalue weighted by Gasteiger charge is 2.13. The molecule has 0 heterocycles. The van der Waals surface area contributed by atoms with Crippen LogP contribution in [0, 0.1) is 10.1 Å². The van der Waals surface area contributed by atoms with Crippen LogP contribution in [0.1, 0.15) is 15.9 Å². The number of aromatic hydroxyl groups is 1. The molecule has 22 heavy (non-hydrogen) atoms. The average Bonchev–Trinajstić information content (AvgIpc) is 2.47. The van der Waals surface area contributed by atoms with E-state index in [9.17, 15) is 20.0 Å². The first-order valence-electron chi connectivity index (χ1n) is 6.04. The van der Waals surface area contributed by atoms with Crippen LogP contribution in [0.5, 0.6) is 5.75 Å². The molecular weight excluding hydrogens is 354 g/mol. The number of amides is 1. The van der Waals surface area contributed by atoms with E-state index < -0.39 is 10.8 Å². The first-order chi connectivity index (χ1) is 10.5. The number of hydrogen-bond acceptors (Lipinski definition) is 5. The highest BCUT2D eigenvalue weighted by molar-refractivity contribution is 9.10. The normalized spacial score (nSPS) is 10.6. The van der Waals surface area contributed by atoms with Crippen molar-refractivity contribution in [2.45, 2.75) is 0 Å². The summed E-state index contributed by atoms with van der Waals surface area (Å²) in [5.41, 5.74) is 2.51. The van der Waals surface area contributed by atoms with Crippen LogP contribution in [0.2, 0.25) is 0 Å². The Morgan fingerprint density at radius 1 is 1.32 bits per heavy atom. The van der Waals surface area contributed by atoms with Gasteiger partial charge in [0.15, 0.2) is 0 Å². The maximum Gasteiger partial charge on any atom is 0.278 e. The first-order valence-corrected chi connectivity index (χ1v) is 6.83. The summed E-state index contributed by atoms with van der Waals surface area (Å²) in [6.07, 6.45) is 1.10. The number of carbonyl (C=O) groups excluding carboxylic acids is 1. The predicted molar refractivity (Wildman–Crippen MR) is 84.0 cm³/mol. The zero-order valence-electron chi connectivity index (χ0n) is 11.1. The zero-order valence-corrected chi connectivity index (χ0v) is 12.6. The number of carbonyl (C=O) groups is 1. The van der Waals surface area contributed by atoms with E-state index in [4.69, 9.17) is 0 Å². The molecular formula is C14H10BrN3O4. The molecule has 2 rings (SSSR count). The maximum atomic E-state index is 11.9. The highest BCUT2D eigenvalue weighted by Crippen LogP contribution is 2.21. The van der Waals surface area contributed by atoms with Crippen LogP contribution in [0.4, 0.5) is 5.69 Å². The summed E-state index contributed by atoms with van der Waals surface area (Å²) in [6, 6.07) is 10.3. The summed E-state index contributed by atoms with van der Waals surface area (Å²) in [5.74, 6) is -0.601. The molecule has 0 saturated heterocycles. The lowest BCUT2D eigenvalue weighted by molar-refractivity contribution is -0.385. The minimum absolute atomic E-state index is 0.0810. The number of hydrazone groups is 1. The van der Waals surface area contributed by atoms with Crippen molar-refractivity contribution in [3.63, 3.8) is 0 Å². The number of hydrogen-bond donors (Lipinski definition) is 2. The van der Waals surface area contributed by atoms with Gasteiger partial charge in [0.2, 0.25) is 0 Å². The number of halogens is 1. The average molecular weight is 364 g/mol. The number of benzene rings is 2. The number of nitro groups is 1. The van der Waals surface area contributed by atoms with Crippen LogP contribution >= 0.6 is 15.9 Å². The Bertz CT molecular complexity index is 762. The molecule has 0 atom stereocenters. The van der Waals surface area contributed by atoms with E-state index >= 15 is 0 Å². The van der Waals surface area contributed by atoms with Gasteiger partial charge in [-0.25, -0.2) is 5.43 Å². The second-order valence-corrected chi connectivity index (χ2v) is 5.03. The van der Waals surface area contributed by atoms with Crippen LogP contribution in [-0.4, -0.2) is 22.2 Å². The van der Waals surface area contributed by atoms with Gasteiger partial charge in [-0.2, -0.15) is 5.10 Å². The fourth-order valence-corrected chi connectivity index (χ4v) is 2.14. The lowest BCUT2D eigenvalue weighted by Crippen LogP contribution is -2.18. The number of nitrogens with zero attached hydrogens (tertiary/aromatic N) is 2. The third-order valence-corrected chi connectivity index (χ3v) is 3.39. The predicted octanol–water partition coefficient (Wildman–Crippen LogP) is 2.83. The smallest absolute Gasteiger partial charge is 0.278 e. The molecule has 112 valence electrons. The molecule has 7 nitrogen and oxygen atoms in total. The Morgan fingerprint density at radius 3 is 2.73 bits per heavy atom. The van der Waals surface area contributed by atoms with Crippen LogP contribution in [0.3, 0.4) is 0 Å². The highest BCUT2D eigenvalue weighted by atomic mass is 79.9. The summed E-state index contributed by atoms with van der Waals surface area (Å²) in [4.78, 5) is 22.2. The molecule has 0 bridgehead atoms. The quantitative estimate of drug-likeness (QED) is 0.494. The van der Waals surface area contributed by atoms with Gasteiger partial charge in [0.05, 0.1) is 22.3 Å².